The first-order chi connectivity index (χ1) is 19.2. The van der Waals surface area contributed by atoms with Gasteiger partial charge >= 0.3 is 11.8 Å². The highest BCUT2D eigenvalue weighted by Gasteiger charge is 2.47. The minimum Gasteiger partial charge on any atom is -0.489 e. The van der Waals surface area contributed by atoms with Crippen molar-refractivity contribution in [1.29, 1.82) is 0 Å². The summed E-state index contributed by atoms with van der Waals surface area (Å²) in [5.41, 5.74) is 3.33. The number of hydrogen-bond acceptors (Lipinski definition) is 5. The lowest BCUT2D eigenvalue weighted by Gasteiger charge is -2.42. The predicted molar refractivity (Wildman–Crippen MR) is 157 cm³/mol. The summed E-state index contributed by atoms with van der Waals surface area (Å²) < 4.78 is 6.27. The van der Waals surface area contributed by atoms with E-state index in [-0.39, 0.29) is 27.2 Å². The average molecular weight is 555 g/mol. The Labute approximate surface area is 241 Å². The number of nitrogens with zero attached hydrogens (tertiary/aromatic N) is 2. The number of carbonyl (C=O) groups excluding carboxylic acids is 2. The van der Waals surface area contributed by atoms with Crippen molar-refractivity contribution in [2.75, 3.05) is 26.2 Å². The summed E-state index contributed by atoms with van der Waals surface area (Å²) in [4.78, 5) is 39.9. The molecule has 2 atom stereocenters. The standard InChI is InChI=1S/C33H50N2O5/c1-7-19-34(20-8-2,26(5)36)39-32-23-29-17-14-18-31(38-25-28-15-12-11-13-16-28)30(29)24-33(32)40-35(21-9-3,22-10-4)27(6)37/h11-18,32-33H,7-10,19-25H2,1-6H3/q+2/t32-,33-/m0/s1. The van der Waals surface area contributed by atoms with Crippen molar-refractivity contribution in [2.24, 2.45) is 0 Å². The van der Waals surface area contributed by atoms with Crippen molar-refractivity contribution in [2.45, 2.75) is 98.9 Å². The molecule has 0 N–H and O–H groups in total. The second kappa shape index (κ2) is 14.9. The fraction of sp³-hybridized carbons (Fsp3) is 0.576. The number of ether oxygens (including phenoxy) is 1. The molecule has 2 amide bonds. The molecule has 0 bridgehead atoms. The summed E-state index contributed by atoms with van der Waals surface area (Å²) in [6.07, 6.45) is 3.61. The second-order valence-corrected chi connectivity index (χ2v) is 11.1. The fourth-order valence-corrected chi connectivity index (χ4v) is 5.97. The maximum atomic E-state index is 13.1. The summed E-state index contributed by atoms with van der Waals surface area (Å²) >= 11 is 0. The Morgan fingerprint density at radius 1 is 0.700 bits per heavy atom. The number of fused-ring (bicyclic) bond motifs is 1. The maximum Gasteiger partial charge on any atom is 0.342 e. The van der Waals surface area contributed by atoms with Gasteiger partial charge in [-0.1, -0.05) is 70.2 Å². The van der Waals surface area contributed by atoms with Crippen molar-refractivity contribution in [3.63, 3.8) is 0 Å². The maximum absolute atomic E-state index is 13.1. The molecule has 3 rings (SSSR count). The highest BCUT2D eigenvalue weighted by molar-refractivity contribution is 5.65. The second-order valence-electron chi connectivity index (χ2n) is 11.1. The molecule has 2 aromatic carbocycles. The molecule has 0 saturated carbocycles. The van der Waals surface area contributed by atoms with Crippen LogP contribution in [0.1, 0.15) is 83.9 Å². The van der Waals surface area contributed by atoms with Gasteiger partial charge in [0.2, 0.25) is 0 Å². The Hall–Kier alpha value is -2.58. The Morgan fingerprint density at radius 2 is 1.20 bits per heavy atom. The summed E-state index contributed by atoms with van der Waals surface area (Å²) in [7, 11) is 0. The van der Waals surface area contributed by atoms with Gasteiger partial charge in [-0.2, -0.15) is 9.68 Å². The third-order valence-electron chi connectivity index (χ3n) is 7.87. The van der Waals surface area contributed by atoms with Crippen molar-refractivity contribution in [3.8, 4) is 5.75 Å². The van der Waals surface area contributed by atoms with Gasteiger partial charge in [0.1, 0.15) is 38.5 Å². The summed E-state index contributed by atoms with van der Waals surface area (Å²) in [5, 5.41) is 0. The van der Waals surface area contributed by atoms with E-state index in [0.29, 0.717) is 45.6 Å². The normalized spacial score (nSPS) is 17.4. The van der Waals surface area contributed by atoms with Crippen LogP contribution < -0.4 is 4.74 Å². The quantitative estimate of drug-likeness (QED) is 0.190. The SMILES string of the molecule is CCC[N+](CCC)(O[C@H]1Cc2cccc(OCc3ccccc3)c2C[C@@H]1O[N+](CCC)(CCC)C(C)=O)C(C)=O. The van der Waals surface area contributed by atoms with Gasteiger partial charge in [0, 0.05) is 18.4 Å². The van der Waals surface area contributed by atoms with Crippen LogP contribution in [-0.2, 0) is 38.7 Å². The number of hydroxylamine groups is 6. The van der Waals surface area contributed by atoms with Gasteiger partial charge < -0.3 is 4.74 Å². The molecule has 7 heteroatoms. The Kier molecular flexibility index (Phi) is 11.9. The first kappa shape index (κ1) is 31.9. The van der Waals surface area contributed by atoms with Crippen LogP contribution in [0.25, 0.3) is 0 Å². The van der Waals surface area contributed by atoms with E-state index in [1.807, 2.05) is 30.3 Å². The molecule has 0 saturated heterocycles. The van der Waals surface area contributed by atoms with Crippen LogP contribution in [0.4, 0.5) is 0 Å². The summed E-state index contributed by atoms with van der Waals surface area (Å²) in [6.45, 7) is 14.4. The Morgan fingerprint density at radius 3 is 1.68 bits per heavy atom. The molecule has 0 aliphatic heterocycles. The molecule has 40 heavy (non-hydrogen) atoms. The zero-order chi connectivity index (χ0) is 29.2. The van der Waals surface area contributed by atoms with E-state index in [9.17, 15) is 9.59 Å². The highest BCUT2D eigenvalue weighted by atomic mass is 16.8. The molecule has 0 aromatic heterocycles. The van der Waals surface area contributed by atoms with Crippen molar-refractivity contribution < 1.29 is 33.3 Å². The third-order valence-corrected chi connectivity index (χ3v) is 7.87. The van der Waals surface area contributed by atoms with Gasteiger partial charge in [-0.15, -0.1) is 9.29 Å². The van der Waals surface area contributed by atoms with Gasteiger partial charge in [-0.05, 0) is 42.9 Å². The summed E-state index contributed by atoms with van der Waals surface area (Å²) in [5.74, 6) is 0.827. The number of rotatable bonds is 15. The number of quaternary nitrogens is 2. The van der Waals surface area contributed by atoms with Crippen LogP contribution in [0.2, 0.25) is 0 Å². The number of amides is 2. The smallest absolute Gasteiger partial charge is 0.342 e. The number of benzene rings is 2. The Balaban J connectivity index is 2.03. The zero-order valence-corrected chi connectivity index (χ0v) is 25.5. The molecule has 0 fully saturated rings. The molecule has 7 nitrogen and oxygen atoms in total. The van der Waals surface area contributed by atoms with Crippen LogP contribution in [0.15, 0.2) is 48.5 Å². The highest BCUT2D eigenvalue weighted by Crippen LogP contribution is 2.36. The molecule has 0 unspecified atom stereocenters. The van der Waals surface area contributed by atoms with Crippen LogP contribution in [-0.4, -0.2) is 59.5 Å². The van der Waals surface area contributed by atoms with Gasteiger partial charge in [0.15, 0.2) is 12.2 Å². The molecule has 1 aliphatic rings. The molecular weight excluding hydrogens is 504 g/mol. The van der Waals surface area contributed by atoms with Crippen molar-refractivity contribution >= 4 is 11.8 Å². The van der Waals surface area contributed by atoms with E-state index in [0.717, 1.165) is 48.1 Å². The van der Waals surface area contributed by atoms with Crippen LogP contribution in [0, 0.1) is 0 Å². The topological polar surface area (TPSA) is 61.8 Å². The van der Waals surface area contributed by atoms with E-state index in [1.165, 1.54) is 0 Å². The lowest BCUT2D eigenvalue weighted by atomic mass is 9.87. The third kappa shape index (κ3) is 7.58. The molecule has 0 radical (unpaired) electrons. The lowest BCUT2D eigenvalue weighted by Crippen LogP contribution is -2.61. The average Bonchev–Trinajstić information content (AvgIpc) is 2.93. The van der Waals surface area contributed by atoms with Crippen LogP contribution in [0.3, 0.4) is 0 Å². The van der Waals surface area contributed by atoms with E-state index in [2.05, 4.69) is 45.9 Å². The molecule has 2 aromatic rings. The fourth-order valence-electron chi connectivity index (χ4n) is 5.97. The molecule has 1 aliphatic carbocycles. The Bertz CT molecular complexity index is 1090. The molecule has 220 valence electrons. The number of hydrogen-bond donors (Lipinski definition) is 0. The molecule has 0 heterocycles. The molecular formula is C33H50N2O5+2. The van der Waals surface area contributed by atoms with Crippen LogP contribution >= 0.6 is 0 Å². The van der Waals surface area contributed by atoms with Gasteiger partial charge in [-0.25, -0.2) is 9.59 Å². The first-order valence-corrected chi connectivity index (χ1v) is 15.1. The largest absolute Gasteiger partial charge is 0.489 e. The van der Waals surface area contributed by atoms with E-state index >= 15 is 0 Å². The van der Waals surface area contributed by atoms with Crippen LogP contribution in [0.5, 0.6) is 5.75 Å². The minimum absolute atomic E-state index is 0.00243. The van der Waals surface area contributed by atoms with E-state index in [4.69, 9.17) is 14.4 Å². The van der Waals surface area contributed by atoms with Crippen molar-refractivity contribution in [3.05, 3.63) is 65.2 Å². The monoisotopic (exact) mass is 554 g/mol. The lowest BCUT2D eigenvalue weighted by molar-refractivity contribution is -1.07. The predicted octanol–water partition coefficient (Wildman–Crippen LogP) is 6.33. The van der Waals surface area contributed by atoms with Gasteiger partial charge in [0.05, 0.1) is 13.8 Å². The molecule has 0 spiro atoms. The zero-order valence-electron chi connectivity index (χ0n) is 25.5. The van der Waals surface area contributed by atoms with E-state index < -0.39 is 6.10 Å². The van der Waals surface area contributed by atoms with Gasteiger partial charge in [0.25, 0.3) is 0 Å². The number of carbonyl (C=O) groups is 2. The van der Waals surface area contributed by atoms with E-state index in [1.54, 1.807) is 13.8 Å². The minimum atomic E-state index is -0.415. The first-order valence-electron chi connectivity index (χ1n) is 15.1. The van der Waals surface area contributed by atoms with Crippen molar-refractivity contribution in [1.82, 2.24) is 0 Å². The summed E-state index contributed by atoms with van der Waals surface area (Å²) in [6, 6.07) is 16.3. The van der Waals surface area contributed by atoms with Gasteiger partial charge in [-0.3, -0.25) is 0 Å².